The first kappa shape index (κ1) is 23.2. The molecule has 1 amide bonds. The first-order chi connectivity index (χ1) is 16.0. The minimum atomic E-state index is -0.377. The van der Waals surface area contributed by atoms with Crippen molar-refractivity contribution in [1.82, 2.24) is 4.90 Å². The number of carbonyl (C=O) groups excluding carboxylic acids is 2. The molecule has 0 unspecified atom stereocenters. The average molecular weight is 453 g/mol. The minimum Gasteiger partial charge on any atom is -0.372 e. The summed E-state index contributed by atoms with van der Waals surface area (Å²) in [7, 11) is 0. The molecule has 2 aromatic carbocycles. The average Bonchev–Trinajstić information content (AvgIpc) is 3.10. The van der Waals surface area contributed by atoms with Gasteiger partial charge in [-0.15, -0.1) is 0 Å². The lowest BCUT2D eigenvalue weighted by atomic mass is 10.1. The number of anilines is 3. The molecule has 0 spiro atoms. The van der Waals surface area contributed by atoms with Crippen LogP contribution in [0.1, 0.15) is 43.0 Å². The molecule has 176 valence electrons. The van der Waals surface area contributed by atoms with Crippen LogP contribution < -0.4 is 15.1 Å². The highest BCUT2D eigenvalue weighted by Crippen LogP contribution is 2.23. The van der Waals surface area contributed by atoms with E-state index in [1.54, 1.807) is 12.1 Å². The first-order valence-corrected chi connectivity index (χ1v) is 11.9. The van der Waals surface area contributed by atoms with Crippen molar-refractivity contribution in [2.75, 3.05) is 60.9 Å². The molecule has 2 aliphatic rings. The zero-order valence-corrected chi connectivity index (χ0v) is 19.4. The number of halogens is 1. The lowest BCUT2D eigenvalue weighted by molar-refractivity contribution is -0.117. The van der Waals surface area contributed by atoms with Gasteiger partial charge in [-0.05, 0) is 62.2 Å². The second kappa shape index (κ2) is 10.8. The van der Waals surface area contributed by atoms with Gasteiger partial charge in [-0.1, -0.05) is 12.8 Å². The van der Waals surface area contributed by atoms with Crippen LogP contribution in [0.5, 0.6) is 0 Å². The molecule has 1 N–H and O–H groups in total. The van der Waals surface area contributed by atoms with Gasteiger partial charge in [0.15, 0.2) is 5.78 Å². The molecule has 0 saturated carbocycles. The Morgan fingerprint density at radius 3 is 2.12 bits per heavy atom. The number of ketones is 1. The number of piperazine rings is 1. The van der Waals surface area contributed by atoms with E-state index in [4.69, 9.17) is 0 Å². The Labute approximate surface area is 195 Å². The van der Waals surface area contributed by atoms with Gasteiger partial charge in [0.1, 0.15) is 5.82 Å². The maximum Gasteiger partial charge on any atom is 0.238 e. The van der Waals surface area contributed by atoms with Crippen molar-refractivity contribution in [3.8, 4) is 0 Å². The molecule has 2 saturated heterocycles. The van der Waals surface area contributed by atoms with Gasteiger partial charge >= 0.3 is 0 Å². The Kier molecular flexibility index (Phi) is 7.60. The van der Waals surface area contributed by atoms with E-state index in [-0.39, 0.29) is 17.5 Å². The van der Waals surface area contributed by atoms with Gasteiger partial charge in [0.2, 0.25) is 5.91 Å². The van der Waals surface area contributed by atoms with Crippen molar-refractivity contribution < 1.29 is 14.0 Å². The number of nitrogens with one attached hydrogen (secondary N) is 1. The highest BCUT2D eigenvalue weighted by molar-refractivity contribution is 5.94. The molecule has 0 bridgehead atoms. The molecular formula is C26H33FN4O2. The van der Waals surface area contributed by atoms with Gasteiger partial charge in [0, 0.05) is 56.2 Å². The maximum absolute atomic E-state index is 14.4. The molecule has 0 aliphatic carbocycles. The zero-order chi connectivity index (χ0) is 23.2. The molecule has 0 radical (unpaired) electrons. The Bertz CT molecular complexity index is 963. The van der Waals surface area contributed by atoms with E-state index in [1.807, 2.05) is 17.0 Å². The Morgan fingerprint density at radius 2 is 1.52 bits per heavy atom. The van der Waals surface area contributed by atoms with Crippen LogP contribution in [0.25, 0.3) is 0 Å². The van der Waals surface area contributed by atoms with Gasteiger partial charge in [0.25, 0.3) is 0 Å². The predicted octanol–water partition coefficient (Wildman–Crippen LogP) is 4.17. The number of hydrogen-bond donors (Lipinski definition) is 1. The zero-order valence-electron chi connectivity index (χ0n) is 19.4. The summed E-state index contributed by atoms with van der Waals surface area (Å²) in [6.07, 6.45) is 5.09. The fraction of sp³-hybridized carbons (Fsp3) is 0.462. The van der Waals surface area contributed by atoms with Crippen molar-refractivity contribution in [1.29, 1.82) is 0 Å². The molecule has 4 rings (SSSR count). The number of Topliss-reactive ketones (excluding diaryl/α,β-unsaturated/α-hetero) is 1. The third kappa shape index (κ3) is 6.11. The van der Waals surface area contributed by atoms with E-state index >= 15 is 0 Å². The smallest absolute Gasteiger partial charge is 0.238 e. The Balaban J connectivity index is 1.25. The van der Waals surface area contributed by atoms with Crippen LogP contribution >= 0.6 is 0 Å². The molecule has 0 atom stereocenters. The van der Waals surface area contributed by atoms with E-state index in [2.05, 4.69) is 27.2 Å². The molecule has 2 aliphatic heterocycles. The molecule has 2 heterocycles. The van der Waals surface area contributed by atoms with Crippen molar-refractivity contribution >= 4 is 28.8 Å². The van der Waals surface area contributed by atoms with Crippen LogP contribution in [-0.2, 0) is 4.79 Å². The lowest BCUT2D eigenvalue weighted by Crippen LogP contribution is -2.48. The monoisotopic (exact) mass is 452 g/mol. The van der Waals surface area contributed by atoms with Crippen molar-refractivity contribution in [2.24, 2.45) is 0 Å². The summed E-state index contributed by atoms with van der Waals surface area (Å²) in [4.78, 5) is 30.5. The summed E-state index contributed by atoms with van der Waals surface area (Å²) in [6, 6.07) is 12.8. The molecule has 2 fully saturated rings. The quantitative estimate of drug-likeness (QED) is 0.667. The van der Waals surface area contributed by atoms with E-state index in [0.29, 0.717) is 44.0 Å². The molecule has 33 heavy (non-hydrogen) atoms. The van der Waals surface area contributed by atoms with Crippen LogP contribution in [0.2, 0.25) is 0 Å². The van der Waals surface area contributed by atoms with Crippen molar-refractivity contribution in [2.45, 2.75) is 32.6 Å². The molecular weight excluding hydrogens is 419 g/mol. The van der Waals surface area contributed by atoms with Crippen molar-refractivity contribution in [3.05, 3.63) is 53.8 Å². The number of amides is 1. The van der Waals surface area contributed by atoms with E-state index in [9.17, 15) is 14.0 Å². The summed E-state index contributed by atoms with van der Waals surface area (Å²) in [5.41, 5.74) is 2.92. The highest BCUT2D eigenvalue weighted by atomic mass is 19.1. The summed E-state index contributed by atoms with van der Waals surface area (Å²) in [5.74, 6) is -0.562. The minimum absolute atomic E-state index is 0.0389. The lowest BCUT2D eigenvalue weighted by Gasteiger charge is -2.35. The number of carbonyl (C=O) groups is 2. The highest BCUT2D eigenvalue weighted by Gasteiger charge is 2.21. The normalized spacial score (nSPS) is 17.5. The second-order valence-electron chi connectivity index (χ2n) is 8.98. The fourth-order valence-corrected chi connectivity index (χ4v) is 4.62. The number of benzene rings is 2. The molecule has 2 aromatic rings. The van der Waals surface area contributed by atoms with Gasteiger partial charge in [-0.2, -0.15) is 0 Å². The summed E-state index contributed by atoms with van der Waals surface area (Å²) in [5, 5.41) is 3.00. The van der Waals surface area contributed by atoms with Crippen LogP contribution in [-0.4, -0.2) is 62.4 Å². The van der Waals surface area contributed by atoms with Gasteiger partial charge in [-0.25, -0.2) is 4.39 Å². The standard InChI is InChI=1S/C26H33FN4O2/c1-20(32)21-6-11-25(24(27)18-21)31-16-14-29(15-17-31)19-26(33)28-22-7-9-23(10-8-22)30-12-4-2-3-5-13-30/h6-11,18H,2-5,12-17,19H2,1H3,(H,28,33). The Morgan fingerprint density at radius 1 is 0.848 bits per heavy atom. The van der Waals surface area contributed by atoms with E-state index in [0.717, 1.165) is 18.8 Å². The molecule has 6 nitrogen and oxygen atoms in total. The SMILES string of the molecule is CC(=O)c1ccc(N2CCN(CC(=O)Nc3ccc(N4CCCCCC4)cc3)CC2)c(F)c1. The van der Waals surface area contributed by atoms with Gasteiger partial charge in [-0.3, -0.25) is 14.5 Å². The number of nitrogens with zero attached hydrogens (tertiary/aromatic N) is 3. The fourth-order valence-electron chi connectivity index (χ4n) is 4.62. The van der Waals surface area contributed by atoms with Crippen LogP contribution in [0.4, 0.5) is 21.5 Å². The van der Waals surface area contributed by atoms with Crippen molar-refractivity contribution in [3.63, 3.8) is 0 Å². The van der Waals surface area contributed by atoms with Gasteiger partial charge in [0.05, 0.1) is 12.2 Å². The Hall–Kier alpha value is -2.93. The molecule has 0 aromatic heterocycles. The molecule has 7 heteroatoms. The largest absolute Gasteiger partial charge is 0.372 e. The topological polar surface area (TPSA) is 55.9 Å². The third-order valence-electron chi connectivity index (χ3n) is 6.56. The van der Waals surface area contributed by atoms with Crippen LogP contribution in [0.15, 0.2) is 42.5 Å². The summed E-state index contributed by atoms with van der Waals surface area (Å²) >= 11 is 0. The maximum atomic E-state index is 14.4. The van der Waals surface area contributed by atoms with Crippen LogP contribution in [0, 0.1) is 5.82 Å². The number of rotatable bonds is 6. The summed E-state index contributed by atoms with van der Waals surface area (Å²) in [6.45, 7) is 6.56. The summed E-state index contributed by atoms with van der Waals surface area (Å²) < 4.78 is 14.4. The third-order valence-corrected chi connectivity index (χ3v) is 6.56. The van der Waals surface area contributed by atoms with E-state index in [1.165, 1.54) is 44.4 Å². The van der Waals surface area contributed by atoms with Gasteiger partial charge < -0.3 is 15.1 Å². The second-order valence-corrected chi connectivity index (χ2v) is 8.98. The van der Waals surface area contributed by atoms with Crippen LogP contribution in [0.3, 0.4) is 0 Å². The van der Waals surface area contributed by atoms with E-state index < -0.39 is 0 Å². The number of hydrogen-bond acceptors (Lipinski definition) is 5. The first-order valence-electron chi connectivity index (χ1n) is 11.9. The predicted molar refractivity (Wildman–Crippen MR) is 131 cm³/mol.